The molecule has 0 heterocycles. The molecule has 0 saturated carbocycles. The molecule has 15 heavy (non-hydrogen) atoms. The van der Waals surface area contributed by atoms with E-state index in [4.69, 9.17) is 46.2 Å². The Morgan fingerprint density at radius 3 is 0.800 bits per heavy atom. The molecule has 0 saturated heterocycles. The van der Waals surface area contributed by atoms with Gasteiger partial charge in [0.2, 0.25) is 0 Å². The fourth-order valence-corrected chi connectivity index (χ4v) is 0. The molecule has 0 amide bonds. The van der Waals surface area contributed by atoms with E-state index in [0.717, 1.165) is 10.7 Å². The van der Waals surface area contributed by atoms with Crippen LogP contribution in [0.4, 0.5) is 0 Å². The topological polar surface area (TPSA) is 214 Å². The van der Waals surface area contributed by atoms with Crippen molar-refractivity contribution >= 4 is 22.0 Å². The Labute approximate surface area is 96.2 Å². The normalized spacial score (nSPS) is 6.13. The molecule has 0 aliphatic carbocycles. The molecule has 0 fully saturated rings. The monoisotopic (exact) mass is 317 g/mol. The van der Waals surface area contributed by atoms with Crippen molar-refractivity contribution in [2.45, 2.75) is 0 Å². The van der Waals surface area contributed by atoms with Crippen LogP contribution >= 0.6 is 0 Å². The van der Waals surface area contributed by atoms with Gasteiger partial charge >= 0.3 is 17.1 Å². The van der Waals surface area contributed by atoms with Gasteiger partial charge in [0, 0.05) is 22.0 Å². The van der Waals surface area contributed by atoms with E-state index >= 15 is 0 Å². The van der Waals surface area contributed by atoms with Crippen molar-refractivity contribution in [2.75, 3.05) is 0 Å². The minimum Gasteiger partial charge on any atom is -0.444 e. The van der Waals surface area contributed by atoms with E-state index in [1.165, 1.54) is 0 Å². The maximum absolute atomic E-state index is 8.56. The fourth-order valence-electron chi connectivity index (χ4n) is 0. The zero-order chi connectivity index (χ0) is 12.6. The fraction of sp³-hybridized carbons (Fsp3) is 0. The third-order valence-electron chi connectivity index (χ3n) is 0. The maximum atomic E-state index is 8.56. The van der Waals surface area contributed by atoms with Crippen LogP contribution in [0.2, 0.25) is 0 Å². The molecule has 97 valence electrons. The first kappa shape index (κ1) is 29.2. The first-order valence-electron chi connectivity index (χ1n) is 1.76. The summed E-state index contributed by atoms with van der Waals surface area (Å²) in [6, 6.07) is 0. The summed E-state index contributed by atoms with van der Waals surface area (Å²) in [5.41, 5.74) is 0. The van der Waals surface area contributed by atoms with Crippen LogP contribution in [0.5, 0.6) is 0 Å². The van der Waals surface area contributed by atoms with Gasteiger partial charge in [-0.25, -0.2) is 0 Å². The van der Waals surface area contributed by atoms with Crippen molar-refractivity contribution in [1.29, 1.82) is 0 Å². The van der Waals surface area contributed by atoms with Crippen molar-refractivity contribution in [3.63, 3.8) is 0 Å². The molecule has 0 aromatic heterocycles. The van der Waals surface area contributed by atoms with Gasteiger partial charge in [-0.2, -0.15) is 0 Å². The third kappa shape index (κ3) is 2200. The first-order chi connectivity index (χ1) is 6.29. The smallest absolute Gasteiger partial charge is 0.444 e. The second-order valence-electron chi connectivity index (χ2n) is 0.583. The summed E-state index contributed by atoms with van der Waals surface area (Å²) in [6.07, 6.45) is 0. The Balaban J connectivity index is -0.0000000293. The first-order valence-corrected chi connectivity index (χ1v) is 3.83. The standard InChI is InChI=1S/Cu.2HNO2.2HO3S/c;2*2-1-3;2*1-4(2)3/h;2*(H,2,3);2*(H,1,2,3)/q+2;;;2*-1/p-2. The molecule has 0 aliphatic heterocycles. The van der Waals surface area contributed by atoms with Crippen molar-refractivity contribution in [3.05, 3.63) is 20.2 Å². The van der Waals surface area contributed by atoms with Gasteiger partial charge in [-0.05, 0) is 0 Å². The molecule has 0 rings (SSSR count). The van der Waals surface area contributed by atoms with Gasteiger partial charge in [-0.1, -0.05) is 0 Å². The van der Waals surface area contributed by atoms with Gasteiger partial charge in [0.05, 0.1) is 0 Å². The van der Waals surface area contributed by atoms with Crippen molar-refractivity contribution in [2.24, 2.45) is 10.7 Å². The molecule has 2 N–H and O–H groups in total. The van der Waals surface area contributed by atoms with Crippen LogP contribution in [0.25, 0.3) is 0 Å². The van der Waals surface area contributed by atoms with Crippen LogP contribution in [0.15, 0.2) is 10.7 Å². The van der Waals surface area contributed by atoms with E-state index in [1.807, 2.05) is 0 Å². The van der Waals surface area contributed by atoms with Crippen LogP contribution in [0.3, 0.4) is 0 Å². The molecular weight excluding hydrogens is 316 g/mol. The van der Waals surface area contributed by atoms with Crippen molar-refractivity contribution in [1.82, 2.24) is 0 Å². The Kier molecular flexibility index (Phi) is 74.0. The summed E-state index contributed by atoms with van der Waals surface area (Å²) in [6.45, 7) is 0. The van der Waals surface area contributed by atoms with Gasteiger partial charge in [0.1, 0.15) is 0 Å². The molecule has 0 aromatic carbocycles. The predicted molar refractivity (Wildman–Crippen MR) is 41.1 cm³/mol. The van der Waals surface area contributed by atoms with Gasteiger partial charge < -0.3 is 46.2 Å². The number of nitrogens with zero attached hydrogens (tertiary/aromatic N) is 2. The Morgan fingerprint density at radius 2 is 0.800 bits per heavy atom. The van der Waals surface area contributed by atoms with Gasteiger partial charge in [0.15, 0.2) is 0 Å². The SMILES string of the molecule is O=N[O-].O=N[O-].O=[S-](=O)O.O=[S-](=O)O.[Cu+2]. The largest absolute Gasteiger partial charge is 2.00 e. The second-order valence-corrected chi connectivity index (χ2v) is 1.45. The zero-order valence-electron chi connectivity index (χ0n) is 6.17. The minimum atomic E-state index is -2.86. The molecule has 0 atom stereocenters. The minimum absolute atomic E-state index is 0. The van der Waals surface area contributed by atoms with Crippen LogP contribution in [0, 0.1) is 20.2 Å². The maximum Gasteiger partial charge on any atom is 2.00 e. The summed E-state index contributed by atoms with van der Waals surface area (Å²) >= 11 is 0. The number of rotatable bonds is 0. The van der Waals surface area contributed by atoms with E-state index in [9.17, 15) is 0 Å². The van der Waals surface area contributed by atoms with Crippen LogP contribution in [-0.4, -0.2) is 9.11 Å². The molecule has 1 radical (unpaired) electrons. The Bertz CT molecular complexity index is 200. The zero-order valence-corrected chi connectivity index (χ0v) is 8.75. The van der Waals surface area contributed by atoms with E-state index in [0.29, 0.717) is 0 Å². The Morgan fingerprint density at radius 1 is 0.800 bits per heavy atom. The molecule has 0 spiro atoms. The molecular formula is H2CuN2O10S2-2. The van der Waals surface area contributed by atoms with Gasteiger partial charge in [0.25, 0.3) is 0 Å². The molecule has 0 aliphatic rings. The molecule has 0 aromatic rings. The molecule has 0 bridgehead atoms. The summed E-state index contributed by atoms with van der Waals surface area (Å²) < 4.78 is 48.2. The van der Waals surface area contributed by atoms with Gasteiger partial charge in [-0.15, -0.1) is 10.7 Å². The van der Waals surface area contributed by atoms with Crippen molar-refractivity contribution < 1.29 is 43.0 Å². The third-order valence-corrected chi connectivity index (χ3v) is 0. The summed E-state index contributed by atoms with van der Waals surface area (Å²) in [5, 5.41) is 18.0. The second kappa shape index (κ2) is 38.0. The molecule has 15 heteroatoms. The van der Waals surface area contributed by atoms with Crippen LogP contribution < -0.4 is 0 Å². The van der Waals surface area contributed by atoms with E-state index in [2.05, 4.69) is 0 Å². The predicted octanol–water partition coefficient (Wildman–Crippen LogP) is 0.0361. The van der Waals surface area contributed by atoms with Gasteiger partial charge in [-0.3, -0.25) is 0 Å². The number of hydrogen-bond acceptors (Lipinski definition) is 12. The molecule has 12 nitrogen and oxygen atoms in total. The Hall–Kier alpha value is -0.861. The quantitative estimate of drug-likeness (QED) is 0.152. The van der Waals surface area contributed by atoms with Crippen molar-refractivity contribution in [3.8, 4) is 0 Å². The average Bonchev–Trinajstić information content (AvgIpc) is 1.85. The molecule has 0 unspecified atom stereocenters. The van der Waals surface area contributed by atoms with Crippen LogP contribution in [0.1, 0.15) is 0 Å². The van der Waals surface area contributed by atoms with E-state index < -0.39 is 22.0 Å². The van der Waals surface area contributed by atoms with E-state index in [-0.39, 0.29) is 17.1 Å². The van der Waals surface area contributed by atoms with E-state index in [1.54, 1.807) is 0 Å². The average molecular weight is 318 g/mol. The summed E-state index contributed by atoms with van der Waals surface area (Å²) in [7, 11) is -5.72. The number of hydrogen-bond donors (Lipinski definition) is 2. The van der Waals surface area contributed by atoms with Crippen LogP contribution in [-0.2, 0) is 55.9 Å². The summed E-state index contributed by atoms with van der Waals surface area (Å²) in [5.74, 6) is 0. The summed E-state index contributed by atoms with van der Waals surface area (Å²) in [4.78, 5) is 16.0.